The molecule has 0 bridgehead atoms. The first-order chi connectivity index (χ1) is 16.9. The number of hydrogen-bond donors (Lipinski definition) is 1. The quantitative estimate of drug-likeness (QED) is 0.354. The highest BCUT2D eigenvalue weighted by Crippen LogP contribution is 2.36. The van der Waals surface area contributed by atoms with Gasteiger partial charge in [0.1, 0.15) is 23.3 Å². The van der Waals surface area contributed by atoms with Crippen LogP contribution >= 0.6 is 15.9 Å². The van der Waals surface area contributed by atoms with E-state index in [9.17, 15) is 9.18 Å². The van der Waals surface area contributed by atoms with Gasteiger partial charge in [-0.05, 0) is 79.6 Å². The van der Waals surface area contributed by atoms with Crippen LogP contribution in [0.5, 0.6) is 0 Å². The summed E-state index contributed by atoms with van der Waals surface area (Å²) in [6.45, 7) is 2.17. The normalized spacial score (nSPS) is 17.8. The lowest BCUT2D eigenvalue weighted by atomic mass is 10.1. The van der Waals surface area contributed by atoms with Crippen molar-refractivity contribution in [1.82, 2.24) is 19.9 Å². The minimum atomic E-state index is -0.726. The molecule has 1 fully saturated rings. The number of nitrogen functional groups attached to an aromatic ring is 1. The van der Waals surface area contributed by atoms with Crippen molar-refractivity contribution < 1.29 is 13.9 Å². The second-order valence-electron chi connectivity index (χ2n) is 8.36. The minimum Gasteiger partial charge on any atom is -0.399 e. The second-order valence-corrected chi connectivity index (χ2v) is 9.28. The zero-order chi connectivity index (χ0) is 24.5. The van der Waals surface area contributed by atoms with Crippen LogP contribution in [0.15, 0.2) is 77.3 Å². The van der Waals surface area contributed by atoms with Crippen LogP contribution in [0.4, 0.5) is 10.1 Å². The number of halogens is 2. The molecule has 5 rings (SSSR count). The Morgan fingerprint density at radius 2 is 1.69 bits per heavy atom. The number of rotatable bonds is 6. The van der Waals surface area contributed by atoms with Crippen molar-refractivity contribution in [2.45, 2.75) is 25.7 Å². The fourth-order valence-corrected chi connectivity index (χ4v) is 4.30. The zero-order valence-electron chi connectivity index (χ0n) is 18.9. The largest absolute Gasteiger partial charge is 0.399 e. The lowest BCUT2D eigenvalue weighted by Crippen LogP contribution is -2.32. The number of hydrogen-bond acceptors (Lipinski definition) is 5. The number of ether oxygens (including phenoxy) is 1. The summed E-state index contributed by atoms with van der Waals surface area (Å²) >= 11 is 3.44. The third kappa shape index (κ3) is 4.82. The van der Waals surface area contributed by atoms with E-state index in [1.165, 1.54) is 16.9 Å². The average Bonchev–Trinajstić information content (AvgIpc) is 3.41. The van der Waals surface area contributed by atoms with Gasteiger partial charge in [-0.15, -0.1) is 10.2 Å². The van der Waals surface area contributed by atoms with Crippen molar-refractivity contribution >= 4 is 27.5 Å². The molecule has 7 nitrogen and oxygen atoms in total. The van der Waals surface area contributed by atoms with Gasteiger partial charge in [0.15, 0.2) is 6.23 Å². The van der Waals surface area contributed by atoms with Crippen LogP contribution < -0.4 is 5.73 Å². The Morgan fingerprint density at radius 1 is 1.00 bits per heavy atom. The first-order valence-corrected chi connectivity index (χ1v) is 12.0. The number of benzene rings is 3. The summed E-state index contributed by atoms with van der Waals surface area (Å²) in [7, 11) is 0. The van der Waals surface area contributed by atoms with E-state index in [-0.39, 0.29) is 11.7 Å². The van der Waals surface area contributed by atoms with E-state index in [2.05, 4.69) is 15.9 Å². The van der Waals surface area contributed by atoms with Crippen LogP contribution in [-0.2, 0) is 16.0 Å². The van der Waals surface area contributed by atoms with Crippen LogP contribution in [-0.4, -0.2) is 38.4 Å². The summed E-state index contributed by atoms with van der Waals surface area (Å²) < 4.78 is 20.7. The molecule has 1 unspecified atom stereocenters. The van der Waals surface area contributed by atoms with Crippen LogP contribution in [0.25, 0.3) is 16.9 Å². The van der Waals surface area contributed by atoms with Crippen LogP contribution in [0.2, 0.25) is 0 Å². The van der Waals surface area contributed by atoms with Gasteiger partial charge in [0.05, 0.1) is 5.69 Å². The number of amides is 1. The summed E-state index contributed by atoms with van der Waals surface area (Å²) in [5, 5.41) is 9.44. The molecule has 0 aliphatic carbocycles. The molecule has 1 aliphatic rings. The maximum atomic E-state index is 13.6. The maximum Gasteiger partial charge on any atom is 0.253 e. The number of carbonyl (C=O) groups is 1. The molecule has 2 atom stereocenters. The second kappa shape index (κ2) is 9.59. The first kappa shape index (κ1) is 23.2. The molecule has 0 radical (unpaired) electrons. The Bertz CT molecular complexity index is 1340. The third-order valence-electron chi connectivity index (χ3n) is 5.92. The van der Waals surface area contributed by atoms with E-state index in [1.807, 2.05) is 48.5 Å². The highest BCUT2D eigenvalue weighted by molar-refractivity contribution is 9.10. The molecule has 1 saturated heterocycles. The van der Waals surface area contributed by atoms with E-state index < -0.39 is 12.3 Å². The molecule has 3 aromatic carbocycles. The van der Waals surface area contributed by atoms with Crippen molar-refractivity contribution in [3.63, 3.8) is 0 Å². The Kier molecular flexibility index (Phi) is 6.36. The number of anilines is 1. The van der Waals surface area contributed by atoms with Crippen molar-refractivity contribution in [1.29, 1.82) is 0 Å². The zero-order valence-corrected chi connectivity index (χ0v) is 20.5. The van der Waals surface area contributed by atoms with Crippen molar-refractivity contribution in [3.05, 3.63) is 94.3 Å². The van der Waals surface area contributed by atoms with Gasteiger partial charge in [-0.3, -0.25) is 4.79 Å². The molecule has 2 N–H and O–H groups in total. The number of nitrogens with two attached hydrogens (primary N) is 1. The Hall–Kier alpha value is -3.56. The van der Waals surface area contributed by atoms with Gasteiger partial charge in [0, 0.05) is 22.3 Å². The van der Waals surface area contributed by atoms with Gasteiger partial charge < -0.3 is 15.4 Å². The van der Waals surface area contributed by atoms with Gasteiger partial charge >= 0.3 is 0 Å². The molecule has 1 aliphatic heterocycles. The smallest absolute Gasteiger partial charge is 0.253 e. The summed E-state index contributed by atoms with van der Waals surface area (Å²) in [4.78, 5) is 16.2. The number of nitrogens with zero attached hydrogens (tertiary/aromatic N) is 4. The lowest BCUT2D eigenvalue weighted by molar-refractivity contribution is -0.130. The monoisotopic (exact) mass is 535 g/mol. The van der Waals surface area contributed by atoms with E-state index >= 15 is 0 Å². The molecule has 0 spiro atoms. The molecule has 178 valence electrons. The third-order valence-corrected chi connectivity index (χ3v) is 6.45. The van der Waals surface area contributed by atoms with Crippen molar-refractivity contribution in [3.8, 4) is 16.9 Å². The molecule has 1 aromatic heterocycles. The Balaban J connectivity index is 1.53. The fraction of sp³-hybridized carbons (Fsp3) is 0.192. The predicted octanol–water partition coefficient (Wildman–Crippen LogP) is 4.91. The average molecular weight is 536 g/mol. The molecule has 9 heteroatoms. The first-order valence-electron chi connectivity index (χ1n) is 11.2. The van der Waals surface area contributed by atoms with Gasteiger partial charge in [0.25, 0.3) is 5.91 Å². The molecule has 0 saturated carbocycles. The highest BCUT2D eigenvalue weighted by Gasteiger charge is 2.41. The molecule has 2 heterocycles. The van der Waals surface area contributed by atoms with Gasteiger partial charge in [0.2, 0.25) is 0 Å². The van der Waals surface area contributed by atoms with E-state index in [4.69, 9.17) is 20.7 Å². The maximum absolute atomic E-state index is 13.6. The van der Waals surface area contributed by atoms with Crippen molar-refractivity contribution in [2.24, 2.45) is 0 Å². The van der Waals surface area contributed by atoms with Crippen LogP contribution in [0.3, 0.4) is 0 Å². The molecule has 1 amide bonds. The fourth-order valence-electron chi connectivity index (χ4n) is 4.03. The number of carbonyl (C=O) groups excluding carboxylic acids is 1. The molecular formula is C26H23BrFN5O2. The van der Waals surface area contributed by atoms with Gasteiger partial charge in [-0.2, -0.15) is 4.80 Å². The Morgan fingerprint density at radius 3 is 2.37 bits per heavy atom. The summed E-state index contributed by atoms with van der Waals surface area (Å²) in [5.41, 5.74) is 9.99. The minimum absolute atomic E-state index is 0.117. The molecule has 35 heavy (non-hydrogen) atoms. The molecule has 4 aromatic rings. The SMILES string of the molecule is CC1O[C@@H](c2nn(-c3ccc(Br)cc3)nc2-c2ccc(F)cc2)N(CCc2ccc(N)cc2)C1=O. The predicted molar refractivity (Wildman–Crippen MR) is 134 cm³/mol. The van der Waals surface area contributed by atoms with Gasteiger partial charge in [-0.1, -0.05) is 28.1 Å². The topological polar surface area (TPSA) is 86.3 Å². The summed E-state index contributed by atoms with van der Waals surface area (Å²) in [5.74, 6) is -0.463. The lowest BCUT2D eigenvalue weighted by Gasteiger charge is -2.22. The van der Waals surface area contributed by atoms with E-state index in [0.29, 0.717) is 35.6 Å². The van der Waals surface area contributed by atoms with Gasteiger partial charge in [-0.25, -0.2) is 4.39 Å². The Labute approximate surface area is 210 Å². The van der Waals surface area contributed by atoms with Crippen LogP contribution in [0, 0.1) is 5.82 Å². The molecular weight excluding hydrogens is 513 g/mol. The van der Waals surface area contributed by atoms with E-state index in [0.717, 1.165) is 15.7 Å². The highest BCUT2D eigenvalue weighted by atomic mass is 79.9. The summed E-state index contributed by atoms with van der Waals surface area (Å²) in [6.07, 6.45) is -0.716. The number of aromatic nitrogens is 3. The summed E-state index contributed by atoms with van der Waals surface area (Å²) in [6, 6.07) is 21.2. The van der Waals surface area contributed by atoms with Crippen LogP contribution in [0.1, 0.15) is 24.4 Å². The van der Waals surface area contributed by atoms with E-state index in [1.54, 1.807) is 24.0 Å². The van der Waals surface area contributed by atoms with Crippen molar-refractivity contribution in [2.75, 3.05) is 12.3 Å². The standard InChI is InChI=1S/C26H23BrFN5O2/c1-16-25(34)32(15-14-17-2-10-21(29)11-3-17)26(35-16)24-23(18-4-8-20(28)9-5-18)30-33(31-24)22-12-6-19(27)7-13-22/h2-13,16,26H,14-15,29H2,1H3/t16?,26-/m0/s1.